The van der Waals surface area contributed by atoms with Gasteiger partial charge in [-0.05, 0) is 18.2 Å². The Balaban J connectivity index is 3.57. The Kier molecular flexibility index (Phi) is 3.09. The van der Waals surface area contributed by atoms with Crippen molar-refractivity contribution in [3.63, 3.8) is 0 Å². The van der Waals surface area contributed by atoms with Crippen molar-refractivity contribution < 1.29 is 21.2 Å². The Morgan fingerprint density at radius 3 is 1.93 bits per heavy atom. The smallest absolute Gasteiger partial charge is 0.224 e. The van der Waals surface area contributed by atoms with E-state index in [1.54, 1.807) is 0 Å². The molecule has 0 aliphatic rings. The fourth-order valence-electron chi connectivity index (χ4n) is 0.892. The molecule has 0 radical (unpaired) electrons. The largest absolute Gasteiger partial charge is 0.261 e. The number of benzene rings is 1. The average molecular weight is 273 g/mol. The molecule has 0 aliphatic carbocycles. The number of hydrogen-bond donors (Lipinski definition) is 0. The maximum atomic E-state index is 12.9. The number of rotatable bonds is 2. The third kappa shape index (κ3) is 3.15. The summed E-state index contributed by atoms with van der Waals surface area (Å²) in [5.41, 5.74) is 0. The first-order valence-electron chi connectivity index (χ1n) is 3.56. The van der Waals surface area contributed by atoms with Crippen LogP contribution < -0.4 is 0 Å². The van der Waals surface area contributed by atoms with Crippen molar-refractivity contribution in [2.24, 2.45) is 0 Å². The molecule has 8 heteroatoms. The van der Waals surface area contributed by atoms with Crippen LogP contribution in [0.2, 0.25) is 0 Å². The van der Waals surface area contributed by atoms with Gasteiger partial charge in [0.15, 0.2) is 9.84 Å². The molecule has 1 aromatic carbocycles. The standard InChI is InChI=1S/C7H6ClFO4S2/c1-14(10,11)6-2-5(9)3-7(4-6)15(8,12)13/h2-4H,1H3. The maximum Gasteiger partial charge on any atom is 0.261 e. The van der Waals surface area contributed by atoms with Gasteiger partial charge in [-0.25, -0.2) is 21.2 Å². The Bertz CT molecular complexity index is 541. The van der Waals surface area contributed by atoms with E-state index in [2.05, 4.69) is 0 Å². The minimum atomic E-state index is -4.14. The lowest BCUT2D eigenvalue weighted by Gasteiger charge is -2.01. The fourth-order valence-corrected chi connectivity index (χ4v) is 2.42. The number of halogens is 2. The van der Waals surface area contributed by atoms with E-state index in [4.69, 9.17) is 10.7 Å². The number of sulfone groups is 1. The molecule has 15 heavy (non-hydrogen) atoms. The van der Waals surface area contributed by atoms with E-state index < -0.39 is 34.5 Å². The van der Waals surface area contributed by atoms with Gasteiger partial charge in [0.2, 0.25) is 0 Å². The highest BCUT2D eigenvalue weighted by Crippen LogP contribution is 2.20. The SMILES string of the molecule is CS(=O)(=O)c1cc(F)cc(S(=O)(=O)Cl)c1. The van der Waals surface area contributed by atoms with E-state index in [0.29, 0.717) is 6.07 Å². The van der Waals surface area contributed by atoms with Crippen molar-refractivity contribution >= 4 is 29.6 Å². The van der Waals surface area contributed by atoms with Crippen LogP contribution in [0.3, 0.4) is 0 Å². The van der Waals surface area contributed by atoms with Gasteiger partial charge in [0, 0.05) is 16.9 Å². The molecule has 0 unspecified atom stereocenters. The van der Waals surface area contributed by atoms with Crippen LogP contribution >= 0.6 is 10.7 Å². The first-order chi connectivity index (χ1) is 6.60. The minimum Gasteiger partial charge on any atom is -0.224 e. The van der Waals surface area contributed by atoms with Gasteiger partial charge >= 0.3 is 0 Å². The van der Waals surface area contributed by atoms with Crippen LogP contribution in [-0.2, 0) is 18.9 Å². The molecule has 1 aromatic rings. The predicted molar refractivity (Wildman–Crippen MR) is 52.5 cm³/mol. The Morgan fingerprint density at radius 2 is 1.53 bits per heavy atom. The van der Waals surface area contributed by atoms with Crippen molar-refractivity contribution in [3.8, 4) is 0 Å². The van der Waals surface area contributed by atoms with E-state index in [-0.39, 0.29) is 0 Å². The van der Waals surface area contributed by atoms with Gasteiger partial charge in [-0.3, -0.25) is 0 Å². The van der Waals surface area contributed by atoms with Crippen molar-refractivity contribution in [3.05, 3.63) is 24.0 Å². The van der Waals surface area contributed by atoms with Gasteiger partial charge in [-0.15, -0.1) is 0 Å². The van der Waals surface area contributed by atoms with Gasteiger partial charge in [0.25, 0.3) is 9.05 Å². The quantitative estimate of drug-likeness (QED) is 0.758. The van der Waals surface area contributed by atoms with Gasteiger partial charge in [0.1, 0.15) is 5.82 Å². The molecular formula is C7H6ClFO4S2. The van der Waals surface area contributed by atoms with Crippen LogP contribution in [-0.4, -0.2) is 23.1 Å². The molecule has 0 aromatic heterocycles. The molecular weight excluding hydrogens is 267 g/mol. The minimum absolute atomic E-state index is 0.429. The molecule has 1 rings (SSSR count). The lowest BCUT2D eigenvalue weighted by molar-refractivity contribution is 0.590. The summed E-state index contributed by atoms with van der Waals surface area (Å²) in [6.07, 6.45) is 0.840. The van der Waals surface area contributed by atoms with Crippen molar-refractivity contribution in [2.45, 2.75) is 9.79 Å². The average Bonchev–Trinajstić information content (AvgIpc) is 1.99. The van der Waals surface area contributed by atoms with E-state index in [0.717, 1.165) is 18.4 Å². The third-order valence-electron chi connectivity index (χ3n) is 1.55. The lowest BCUT2D eigenvalue weighted by atomic mass is 10.3. The molecule has 0 aliphatic heterocycles. The molecule has 0 spiro atoms. The summed E-state index contributed by atoms with van der Waals surface area (Å²) in [5, 5.41) is 0. The molecule has 0 saturated carbocycles. The normalized spacial score (nSPS) is 12.7. The summed E-state index contributed by atoms with van der Waals surface area (Å²) in [6, 6.07) is 2.18. The summed E-state index contributed by atoms with van der Waals surface area (Å²) in [7, 11) is -2.85. The summed E-state index contributed by atoms with van der Waals surface area (Å²) in [6.45, 7) is 0. The molecule has 84 valence electrons. The second-order valence-corrected chi connectivity index (χ2v) is 7.41. The maximum absolute atomic E-state index is 12.9. The Hall–Kier alpha value is -0.660. The van der Waals surface area contributed by atoms with Crippen LogP contribution in [0, 0.1) is 5.82 Å². The summed E-state index contributed by atoms with van der Waals surface area (Å²) in [4.78, 5) is -1.01. The predicted octanol–water partition coefficient (Wildman–Crippen LogP) is 1.16. The molecule has 0 atom stereocenters. The Labute approximate surface area is 91.0 Å². The van der Waals surface area contributed by atoms with Gasteiger partial charge in [0.05, 0.1) is 9.79 Å². The molecule has 0 bridgehead atoms. The summed E-state index contributed by atoms with van der Waals surface area (Å²) < 4.78 is 56.8. The molecule has 0 amide bonds. The zero-order valence-electron chi connectivity index (χ0n) is 7.44. The van der Waals surface area contributed by atoms with Gasteiger partial charge < -0.3 is 0 Å². The van der Waals surface area contributed by atoms with E-state index in [1.165, 1.54) is 0 Å². The zero-order valence-corrected chi connectivity index (χ0v) is 9.83. The van der Waals surface area contributed by atoms with E-state index >= 15 is 0 Å². The molecule has 0 saturated heterocycles. The highest BCUT2D eigenvalue weighted by Gasteiger charge is 2.16. The zero-order chi connectivity index (χ0) is 11.9. The van der Waals surface area contributed by atoms with Gasteiger partial charge in [-0.2, -0.15) is 0 Å². The number of hydrogen-bond acceptors (Lipinski definition) is 4. The van der Waals surface area contributed by atoms with Crippen molar-refractivity contribution in [1.29, 1.82) is 0 Å². The first kappa shape index (κ1) is 12.4. The lowest BCUT2D eigenvalue weighted by Crippen LogP contribution is -2.01. The molecule has 0 heterocycles. The molecule has 0 N–H and O–H groups in total. The molecule has 4 nitrogen and oxygen atoms in total. The van der Waals surface area contributed by atoms with Crippen LogP contribution in [0.5, 0.6) is 0 Å². The van der Waals surface area contributed by atoms with E-state index in [9.17, 15) is 21.2 Å². The highest BCUT2D eigenvalue weighted by atomic mass is 35.7. The first-order valence-corrected chi connectivity index (χ1v) is 7.76. The van der Waals surface area contributed by atoms with Crippen molar-refractivity contribution in [1.82, 2.24) is 0 Å². The van der Waals surface area contributed by atoms with Crippen molar-refractivity contribution in [2.75, 3.05) is 6.26 Å². The van der Waals surface area contributed by atoms with Gasteiger partial charge in [-0.1, -0.05) is 0 Å². The summed E-state index contributed by atoms with van der Waals surface area (Å²) >= 11 is 0. The van der Waals surface area contributed by atoms with E-state index in [1.807, 2.05) is 0 Å². The fraction of sp³-hybridized carbons (Fsp3) is 0.143. The van der Waals surface area contributed by atoms with Crippen LogP contribution in [0.25, 0.3) is 0 Å². The van der Waals surface area contributed by atoms with Crippen LogP contribution in [0.15, 0.2) is 28.0 Å². The third-order valence-corrected chi connectivity index (χ3v) is 3.98. The second kappa shape index (κ2) is 3.73. The summed E-state index contributed by atoms with van der Waals surface area (Å²) in [5.74, 6) is -0.975. The van der Waals surface area contributed by atoms with Crippen LogP contribution in [0.4, 0.5) is 4.39 Å². The second-order valence-electron chi connectivity index (χ2n) is 2.83. The highest BCUT2D eigenvalue weighted by molar-refractivity contribution is 8.13. The topological polar surface area (TPSA) is 68.3 Å². The monoisotopic (exact) mass is 272 g/mol. The Morgan fingerprint density at radius 1 is 1.07 bits per heavy atom. The van der Waals surface area contributed by atoms with Crippen LogP contribution in [0.1, 0.15) is 0 Å². The molecule has 0 fully saturated rings.